The molecule has 0 fully saturated rings. The standard InChI is InChI=1S/C9H10BrN5.2BrH/c1-4-5(2-10)3-13-8-6(4)7(11)14-9(12)15-8;;/h3H,2H2,1H3,(H4,11,12,13,14,15);2*1H. The Labute approximate surface area is 128 Å². The van der Waals surface area contributed by atoms with Gasteiger partial charge in [-0.15, -0.1) is 34.0 Å². The van der Waals surface area contributed by atoms with Gasteiger partial charge in [0.1, 0.15) is 5.82 Å². The lowest BCUT2D eigenvalue weighted by Crippen LogP contribution is -2.03. The number of alkyl halides is 1. The molecule has 0 aromatic carbocycles. The second kappa shape index (κ2) is 6.46. The van der Waals surface area contributed by atoms with E-state index in [4.69, 9.17) is 11.5 Å². The monoisotopic (exact) mass is 427 g/mol. The minimum absolute atomic E-state index is 0. The number of anilines is 2. The Hall–Kier alpha value is -0.470. The Balaban J connectivity index is 0.00000128. The van der Waals surface area contributed by atoms with Crippen LogP contribution in [-0.2, 0) is 5.33 Å². The summed E-state index contributed by atoms with van der Waals surface area (Å²) in [5, 5.41) is 1.51. The molecule has 2 heterocycles. The molecule has 0 saturated carbocycles. The molecule has 0 atom stereocenters. The summed E-state index contributed by atoms with van der Waals surface area (Å²) in [6.07, 6.45) is 1.76. The van der Waals surface area contributed by atoms with Gasteiger partial charge in [-0.05, 0) is 18.1 Å². The van der Waals surface area contributed by atoms with E-state index >= 15 is 0 Å². The molecule has 0 bridgehead atoms. The molecule has 94 valence electrons. The molecule has 0 aliphatic carbocycles. The van der Waals surface area contributed by atoms with E-state index in [2.05, 4.69) is 30.9 Å². The van der Waals surface area contributed by atoms with E-state index in [1.807, 2.05) is 6.92 Å². The first-order chi connectivity index (χ1) is 7.13. The molecule has 0 amide bonds. The SMILES string of the molecule is Br.Br.Cc1c(CBr)cnc2nc(N)nc(N)c12. The zero-order valence-electron chi connectivity index (χ0n) is 8.98. The molecular formula is C9H12Br3N5. The van der Waals surface area contributed by atoms with Gasteiger partial charge in [0.15, 0.2) is 5.65 Å². The van der Waals surface area contributed by atoms with E-state index in [0.29, 0.717) is 11.5 Å². The maximum absolute atomic E-state index is 5.80. The van der Waals surface area contributed by atoms with Crippen molar-refractivity contribution >= 4 is 72.7 Å². The van der Waals surface area contributed by atoms with E-state index in [1.165, 1.54) is 0 Å². The summed E-state index contributed by atoms with van der Waals surface area (Å²) in [4.78, 5) is 12.2. The zero-order valence-corrected chi connectivity index (χ0v) is 14.0. The highest BCUT2D eigenvalue weighted by Gasteiger charge is 2.10. The molecule has 4 N–H and O–H groups in total. The molecule has 8 heteroatoms. The molecular weight excluding hydrogens is 418 g/mol. The fourth-order valence-corrected chi connectivity index (χ4v) is 2.03. The van der Waals surface area contributed by atoms with Crippen molar-refractivity contribution in [3.63, 3.8) is 0 Å². The van der Waals surface area contributed by atoms with Crippen LogP contribution in [0.4, 0.5) is 11.8 Å². The molecule has 2 rings (SSSR count). The average Bonchev–Trinajstić information content (AvgIpc) is 2.17. The minimum atomic E-state index is 0. The van der Waals surface area contributed by atoms with E-state index < -0.39 is 0 Å². The van der Waals surface area contributed by atoms with E-state index in [-0.39, 0.29) is 39.9 Å². The number of nitrogens with zero attached hydrogens (tertiary/aromatic N) is 3. The molecule has 0 saturated heterocycles. The lowest BCUT2D eigenvalue weighted by molar-refractivity contribution is 1.17. The van der Waals surface area contributed by atoms with Crippen LogP contribution in [0.2, 0.25) is 0 Å². The highest BCUT2D eigenvalue weighted by molar-refractivity contribution is 9.08. The Morgan fingerprint density at radius 1 is 1.24 bits per heavy atom. The van der Waals surface area contributed by atoms with E-state index in [1.54, 1.807) is 6.20 Å². The van der Waals surface area contributed by atoms with Gasteiger partial charge in [0.25, 0.3) is 0 Å². The predicted octanol–water partition coefficient (Wildman–Crippen LogP) is 2.55. The number of nitrogen functional groups attached to an aromatic ring is 2. The van der Waals surface area contributed by atoms with Crippen LogP contribution in [-0.4, -0.2) is 15.0 Å². The van der Waals surface area contributed by atoms with Crippen molar-refractivity contribution in [3.05, 3.63) is 17.3 Å². The Morgan fingerprint density at radius 3 is 2.47 bits per heavy atom. The van der Waals surface area contributed by atoms with Crippen LogP contribution in [0.15, 0.2) is 6.20 Å². The zero-order chi connectivity index (χ0) is 11.0. The third kappa shape index (κ3) is 3.05. The van der Waals surface area contributed by atoms with Crippen LogP contribution in [0.25, 0.3) is 11.0 Å². The normalized spacial score (nSPS) is 9.53. The van der Waals surface area contributed by atoms with Gasteiger partial charge in [0, 0.05) is 11.5 Å². The van der Waals surface area contributed by atoms with Gasteiger partial charge in [-0.2, -0.15) is 9.97 Å². The number of halogens is 3. The Morgan fingerprint density at radius 2 is 1.88 bits per heavy atom. The largest absolute Gasteiger partial charge is 0.383 e. The van der Waals surface area contributed by atoms with Gasteiger partial charge >= 0.3 is 0 Å². The van der Waals surface area contributed by atoms with Crippen LogP contribution in [0.1, 0.15) is 11.1 Å². The van der Waals surface area contributed by atoms with Gasteiger partial charge in [0.2, 0.25) is 5.95 Å². The van der Waals surface area contributed by atoms with Crippen LogP contribution in [0.3, 0.4) is 0 Å². The van der Waals surface area contributed by atoms with Crippen molar-refractivity contribution in [3.8, 4) is 0 Å². The molecule has 0 aliphatic rings. The minimum Gasteiger partial charge on any atom is -0.383 e. The summed E-state index contributed by atoms with van der Waals surface area (Å²) in [6.45, 7) is 1.97. The highest BCUT2D eigenvalue weighted by atomic mass is 79.9. The van der Waals surface area contributed by atoms with Crippen molar-refractivity contribution < 1.29 is 0 Å². The number of pyridine rings is 1. The van der Waals surface area contributed by atoms with Crippen LogP contribution >= 0.6 is 49.9 Å². The molecule has 0 spiro atoms. The number of hydrogen-bond acceptors (Lipinski definition) is 5. The summed E-state index contributed by atoms with van der Waals surface area (Å²) in [5.41, 5.74) is 13.9. The third-order valence-corrected chi connectivity index (χ3v) is 2.88. The lowest BCUT2D eigenvalue weighted by Gasteiger charge is -2.07. The van der Waals surface area contributed by atoms with Crippen molar-refractivity contribution in [1.29, 1.82) is 0 Å². The third-order valence-electron chi connectivity index (χ3n) is 2.28. The van der Waals surface area contributed by atoms with Gasteiger partial charge in [-0.3, -0.25) is 0 Å². The first-order valence-corrected chi connectivity index (χ1v) is 5.48. The second-order valence-electron chi connectivity index (χ2n) is 3.21. The fraction of sp³-hybridized carbons (Fsp3) is 0.222. The average molecular weight is 430 g/mol. The number of fused-ring (bicyclic) bond motifs is 1. The molecule has 5 nitrogen and oxygen atoms in total. The fourth-order valence-electron chi connectivity index (χ4n) is 1.47. The quantitative estimate of drug-likeness (QED) is 0.680. The van der Waals surface area contributed by atoms with Crippen LogP contribution in [0.5, 0.6) is 0 Å². The van der Waals surface area contributed by atoms with Gasteiger partial charge in [-0.25, -0.2) is 4.98 Å². The summed E-state index contributed by atoms with van der Waals surface area (Å²) in [5.74, 6) is 0.531. The van der Waals surface area contributed by atoms with E-state index in [9.17, 15) is 0 Å². The smallest absolute Gasteiger partial charge is 0.224 e. The van der Waals surface area contributed by atoms with E-state index in [0.717, 1.165) is 21.8 Å². The van der Waals surface area contributed by atoms with Crippen molar-refractivity contribution in [1.82, 2.24) is 15.0 Å². The molecule has 2 aromatic rings. The summed E-state index contributed by atoms with van der Waals surface area (Å²) < 4.78 is 0. The molecule has 2 aromatic heterocycles. The summed E-state index contributed by atoms with van der Waals surface area (Å²) in [6, 6.07) is 0. The maximum atomic E-state index is 5.80. The Kier molecular flexibility index (Phi) is 6.28. The topological polar surface area (TPSA) is 90.7 Å². The molecule has 0 radical (unpaired) electrons. The first-order valence-electron chi connectivity index (χ1n) is 4.36. The van der Waals surface area contributed by atoms with Gasteiger partial charge in [0.05, 0.1) is 5.39 Å². The number of nitrogens with two attached hydrogens (primary N) is 2. The number of hydrogen-bond donors (Lipinski definition) is 2. The van der Waals surface area contributed by atoms with Gasteiger partial charge < -0.3 is 11.5 Å². The highest BCUT2D eigenvalue weighted by Crippen LogP contribution is 2.24. The number of aromatic nitrogens is 3. The second-order valence-corrected chi connectivity index (χ2v) is 3.77. The number of rotatable bonds is 1. The van der Waals surface area contributed by atoms with Crippen LogP contribution in [0, 0.1) is 6.92 Å². The maximum Gasteiger partial charge on any atom is 0.224 e. The lowest BCUT2D eigenvalue weighted by atomic mass is 10.1. The van der Waals surface area contributed by atoms with Crippen molar-refractivity contribution in [2.24, 2.45) is 0 Å². The van der Waals surface area contributed by atoms with Gasteiger partial charge in [-0.1, -0.05) is 15.9 Å². The summed E-state index contributed by atoms with van der Waals surface area (Å²) >= 11 is 3.39. The molecule has 0 aliphatic heterocycles. The van der Waals surface area contributed by atoms with Crippen molar-refractivity contribution in [2.45, 2.75) is 12.3 Å². The van der Waals surface area contributed by atoms with Crippen LogP contribution < -0.4 is 11.5 Å². The van der Waals surface area contributed by atoms with Crippen molar-refractivity contribution in [2.75, 3.05) is 11.5 Å². The molecule has 0 unspecified atom stereocenters. The molecule has 17 heavy (non-hydrogen) atoms. The summed E-state index contributed by atoms with van der Waals surface area (Å²) in [7, 11) is 0. The number of aryl methyl sites for hydroxylation is 1. The first kappa shape index (κ1) is 16.5. The Bertz CT molecular complexity index is 532. The predicted molar refractivity (Wildman–Crippen MR) is 84.2 cm³/mol.